The molecule has 0 saturated carbocycles. The maximum atomic E-state index is 12.9. The van der Waals surface area contributed by atoms with Crippen LogP contribution in [0.1, 0.15) is 20.7 Å². The number of hydrogen-bond acceptors (Lipinski definition) is 4. The van der Waals surface area contributed by atoms with Gasteiger partial charge in [-0.25, -0.2) is 4.79 Å². The van der Waals surface area contributed by atoms with E-state index < -0.39 is 5.97 Å². The van der Waals surface area contributed by atoms with Crippen LogP contribution in [0, 0.1) is 0 Å². The zero-order chi connectivity index (χ0) is 20.6. The Morgan fingerprint density at radius 1 is 0.828 bits per heavy atom. The molecule has 0 unspecified atom stereocenters. The van der Waals surface area contributed by atoms with E-state index in [9.17, 15) is 9.59 Å². The van der Waals surface area contributed by atoms with E-state index in [1.54, 1.807) is 55.6 Å². The van der Waals surface area contributed by atoms with Crippen LogP contribution in [-0.4, -0.2) is 32.1 Å². The zero-order valence-corrected chi connectivity index (χ0v) is 16.6. The first-order valence-electron chi connectivity index (χ1n) is 9.04. The van der Waals surface area contributed by atoms with Crippen LogP contribution < -0.4 is 9.64 Å². The predicted octanol–water partition coefficient (Wildman–Crippen LogP) is 4.85. The summed E-state index contributed by atoms with van der Waals surface area (Å²) in [5, 5.41) is 0.485. The van der Waals surface area contributed by atoms with Crippen LogP contribution in [0.25, 0.3) is 0 Å². The van der Waals surface area contributed by atoms with Crippen molar-refractivity contribution in [2.75, 3.05) is 25.2 Å². The van der Waals surface area contributed by atoms with Gasteiger partial charge in [0.1, 0.15) is 19.0 Å². The molecule has 29 heavy (non-hydrogen) atoms. The van der Waals surface area contributed by atoms with Gasteiger partial charge in [0.2, 0.25) is 0 Å². The number of rotatable bonds is 7. The highest BCUT2D eigenvalue weighted by molar-refractivity contribution is 6.32. The first kappa shape index (κ1) is 20.4. The molecular weight excluding hydrogens is 390 g/mol. The molecule has 0 fully saturated rings. The fraction of sp³-hybridized carbons (Fsp3) is 0.130. The van der Waals surface area contributed by atoms with Crippen molar-refractivity contribution in [3.63, 3.8) is 0 Å². The van der Waals surface area contributed by atoms with Gasteiger partial charge in [0.25, 0.3) is 5.91 Å². The topological polar surface area (TPSA) is 55.8 Å². The average molecular weight is 410 g/mol. The first-order valence-corrected chi connectivity index (χ1v) is 9.42. The molecular formula is C23H20ClNO4. The normalized spacial score (nSPS) is 10.3. The summed E-state index contributed by atoms with van der Waals surface area (Å²) >= 11 is 6.02. The van der Waals surface area contributed by atoms with Crippen LogP contribution in [0.5, 0.6) is 5.75 Å². The van der Waals surface area contributed by atoms with Crippen LogP contribution in [0.3, 0.4) is 0 Å². The minimum absolute atomic E-state index is 0.0289. The summed E-state index contributed by atoms with van der Waals surface area (Å²) in [6.07, 6.45) is 0. The van der Waals surface area contributed by atoms with Gasteiger partial charge in [0.05, 0.1) is 16.1 Å². The van der Waals surface area contributed by atoms with Gasteiger partial charge in [-0.3, -0.25) is 4.79 Å². The molecule has 3 aromatic rings. The average Bonchev–Trinajstić information content (AvgIpc) is 2.77. The molecule has 0 heterocycles. The van der Waals surface area contributed by atoms with Gasteiger partial charge in [-0.1, -0.05) is 54.1 Å². The predicted molar refractivity (Wildman–Crippen MR) is 113 cm³/mol. The van der Waals surface area contributed by atoms with Crippen molar-refractivity contribution < 1.29 is 19.1 Å². The van der Waals surface area contributed by atoms with Gasteiger partial charge >= 0.3 is 5.97 Å². The van der Waals surface area contributed by atoms with E-state index in [4.69, 9.17) is 21.1 Å². The van der Waals surface area contributed by atoms with E-state index in [0.717, 1.165) is 5.69 Å². The molecule has 3 aromatic carbocycles. The number of esters is 1. The third-order valence-electron chi connectivity index (χ3n) is 4.24. The molecule has 6 heteroatoms. The van der Waals surface area contributed by atoms with Gasteiger partial charge in [0.15, 0.2) is 0 Å². The van der Waals surface area contributed by atoms with E-state index >= 15 is 0 Å². The molecule has 0 atom stereocenters. The lowest BCUT2D eigenvalue weighted by molar-refractivity contribution is 0.0448. The number of anilines is 1. The van der Waals surface area contributed by atoms with E-state index in [1.807, 2.05) is 30.3 Å². The van der Waals surface area contributed by atoms with Crippen molar-refractivity contribution in [3.8, 4) is 5.75 Å². The highest BCUT2D eigenvalue weighted by atomic mass is 35.5. The molecule has 0 saturated heterocycles. The van der Waals surface area contributed by atoms with Crippen molar-refractivity contribution >= 4 is 29.2 Å². The Hall–Kier alpha value is -3.31. The minimum Gasteiger partial charge on any atom is -0.488 e. The molecule has 0 aliphatic carbocycles. The second-order valence-electron chi connectivity index (χ2n) is 6.16. The maximum Gasteiger partial charge on any atom is 0.339 e. The number of amides is 1. The Kier molecular flexibility index (Phi) is 6.87. The van der Waals surface area contributed by atoms with E-state index in [0.29, 0.717) is 10.8 Å². The summed E-state index contributed by atoms with van der Waals surface area (Å²) in [7, 11) is 1.66. The number of carbonyl (C=O) groups excluding carboxylic acids is 2. The highest BCUT2D eigenvalue weighted by Gasteiger charge is 2.21. The Bertz CT molecular complexity index is 991. The molecule has 0 spiro atoms. The number of halogens is 1. The second kappa shape index (κ2) is 9.75. The SMILES string of the molecule is CN(C(=O)c1ccccc1C(=O)OCCOc1ccccc1Cl)c1ccccc1. The fourth-order valence-corrected chi connectivity index (χ4v) is 2.91. The van der Waals surface area contributed by atoms with Gasteiger partial charge in [-0.2, -0.15) is 0 Å². The minimum atomic E-state index is -0.585. The Morgan fingerprint density at radius 3 is 2.17 bits per heavy atom. The molecule has 0 aliphatic heterocycles. The summed E-state index contributed by atoms with van der Waals surface area (Å²) in [5.41, 5.74) is 1.21. The van der Waals surface area contributed by atoms with Gasteiger partial charge < -0.3 is 14.4 Å². The number of nitrogens with zero attached hydrogens (tertiary/aromatic N) is 1. The number of benzene rings is 3. The van der Waals surface area contributed by atoms with Crippen LogP contribution in [-0.2, 0) is 4.74 Å². The van der Waals surface area contributed by atoms with Gasteiger partial charge in [-0.05, 0) is 36.4 Å². The fourth-order valence-electron chi connectivity index (χ4n) is 2.72. The second-order valence-corrected chi connectivity index (χ2v) is 6.57. The Labute approximate surface area is 174 Å². The Morgan fingerprint density at radius 2 is 1.45 bits per heavy atom. The van der Waals surface area contributed by atoms with E-state index in [-0.39, 0.29) is 30.2 Å². The van der Waals surface area contributed by atoms with Crippen molar-refractivity contribution in [2.45, 2.75) is 0 Å². The van der Waals surface area contributed by atoms with Gasteiger partial charge in [-0.15, -0.1) is 0 Å². The van der Waals surface area contributed by atoms with Crippen molar-refractivity contribution in [2.24, 2.45) is 0 Å². The van der Waals surface area contributed by atoms with Crippen LogP contribution in [0.4, 0.5) is 5.69 Å². The summed E-state index contributed by atoms with van der Waals surface area (Å²) in [6.45, 7) is 0.177. The van der Waals surface area contributed by atoms with Gasteiger partial charge in [0, 0.05) is 12.7 Å². The van der Waals surface area contributed by atoms with E-state index in [1.165, 1.54) is 4.90 Å². The monoisotopic (exact) mass is 409 g/mol. The summed E-state index contributed by atoms with van der Waals surface area (Å²) in [6, 6.07) is 22.9. The summed E-state index contributed by atoms with van der Waals surface area (Å²) in [4.78, 5) is 26.9. The lowest BCUT2D eigenvalue weighted by Gasteiger charge is -2.18. The van der Waals surface area contributed by atoms with Crippen molar-refractivity contribution in [1.82, 2.24) is 0 Å². The molecule has 1 amide bonds. The number of carbonyl (C=O) groups is 2. The molecule has 0 aliphatic rings. The molecule has 3 rings (SSSR count). The summed E-state index contributed by atoms with van der Waals surface area (Å²) < 4.78 is 10.8. The maximum absolute atomic E-state index is 12.9. The van der Waals surface area contributed by atoms with E-state index in [2.05, 4.69) is 0 Å². The third-order valence-corrected chi connectivity index (χ3v) is 4.55. The number of para-hydroxylation sites is 2. The molecule has 0 aromatic heterocycles. The molecule has 5 nitrogen and oxygen atoms in total. The standard InChI is InChI=1S/C23H20ClNO4/c1-25(17-9-3-2-4-10-17)22(26)18-11-5-6-12-19(18)23(27)29-16-15-28-21-14-8-7-13-20(21)24/h2-14H,15-16H2,1H3. The lowest BCUT2D eigenvalue weighted by atomic mass is 10.1. The molecule has 148 valence electrons. The lowest BCUT2D eigenvalue weighted by Crippen LogP contribution is -2.28. The summed E-state index contributed by atoms with van der Waals surface area (Å²) in [5.74, 6) is -0.362. The van der Waals surface area contributed by atoms with Crippen molar-refractivity contribution in [3.05, 3.63) is 95.0 Å². The smallest absolute Gasteiger partial charge is 0.339 e. The molecule has 0 bridgehead atoms. The number of ether oxygens (including phenoxy) is 2. The highest BCUT2D eigenvalue weighted by Crippen LogP contribution is 2.23. The quantitative estimate of drug-likeness (QED) is 0.413. The first-order chi connectivity index (χ1) is 14.1. The molecule has 0 radical (unpaired) electrons. The van der Waals surface area contributed by atoms with Crippen LogP contribution in [0.2, 0.25) is 5.02 Å². The molecule has 0 N–H and O–H groups in total. The number of hydrogen-bond donors (Lipinski definition) is 0. The Balaban J connectivity index is 1.64. The van der Waals surface area contributed by atoms with Crippen LogP contribution >= 0.6 is 11.6 Å². The largest absolute Gasteiger partial charge is 0.488 e. The van der Waals surface area contributed by atoms with Crippen molar-refractivity contribution in [1.29, 1.82) is 0 Å². The third kappa shape index (κ3) is 5.15. The zero-order valence-electron chi connectivity index (χ0n) is 15.9. The van der Waals surface area contributed by atoms with Crippen LogP contribution in [0.15, 0.2) is 78.9 Å².